The maximum atomic E-state index is 5.89. The number of benzene rings is 1. The van der Waals surface area contributed by atoms with Crippen molar-refractivity contribution in [2.75, 3.05) is 7.11 Å². The topological polar surface area (TPSA) is 47.3 Å². The van der Waals surface area contributed by atoms with E-state index < -0.39 is 0 Å². The van der Waals surface area contributed by atoms with Crippen LogP contribution in [0.5, 0.6) is 5.75 Å². The molecule has 0 unspecified atom stereocenters. The summed E-state index contributed by atoms with van der Waals surface area (Å²) in [5, 5.41) is 3.60. The number of methoxy groups -OCH3 is 1. The van der Waals surface area contributed by atoms with Gasteiger partial charge in [0.2, 0.25) is 0 Å². The lowest BCUT2D eigenvalue weighted by atomic mass is 9.92. The van der Waals surface area contributed by atoms with Crippen molar-refractivity contribution in [3.05, 3.63) is 29.8 Å². The lowest BCUT2D eigenvalue weighted by Gasteiger charge is -2.27. The van der Waals surface area contributed by atoms with Crippen LogP contribution < -0.4 is 15.8 Å². The molecule has 3 nitrogen and oxygen atoms in total. The maximum Gasteiger partial charge on any atom is 0.118 e. The van der Waals surface area contributed by atoms with Crippen LogP contribution in [-0.2, 0) is 6.54 Å². The molecule has 0 atom stereocenters. The fourth-order valence-electron chi connectivity index (χ4n) is 2.33. The zero-order chi connectivity index (χ0) is 12.1. The van der Waals surface area contributed by atoms with Crippen molar-refractivity contribution in [1.29, 1.82) is 0 Å². The lowest BCUT2D eigenvalue weighted by molar-refractivity contribution is 0.341. The highest BCUT2D eigenvalue weighted by atomic mass is 35.5. The molecular weight excluding hydrogens is 283 g/mol. The molecule has 0 aromatic heterocycles. The number of rotatable bonds is 4. The van der Waals surface area contributed by atoms with Gasteiger partial charge in [-0.3, -0.25) is 0 Å². The van der Waals surface area contributed by atoms with Crippen molar-refractivity contribution in [2.24, 2.45) is 5.73 Å². The third-order valence-corrected chi connectivity index (χ3v) is 3.53. The normalized spacial score (nSPS) is 22.0. The van der Waals surface area contributed by atoms with Gasteiger partial charge < -0.3 is 15.8 Å². The quantitative estimate of drug-likeness (QED) is 0.899. The highest BCUT2D eigenvalue weighted by Gasteiger charge is 2.17. The number of halogens is 2. The predicted molar refractivity (Wildman–Crippen MR) is 84.6 cm³/mol. The van der Waals surface area contributed by atoms with E-state index in [1.807, 2.05) is 12.1 Å². The number of nitrogens with two attached hydrogens (primary N) is 1. The minimum Gasteiger partial charge on any atom is -0.497 e. The lowest BCUT2D eigenvalue weighted by Crippen LogP contribution is -2.36. The van der Waals surface area contributed by atoms with E-state index in [4.69, 9.17) is 10.5 Å². The summed E-state index contributed by atoms with van der Waals surface area (Å²) < 4.78 is 5.14. The standard InChI is InChI=1S/C14H22N2O.2ClH/c1-17-14-8-2-11(3-9-14)10-16-13-6-4-12(15)5-7-13;;/h2-3,8-9,12-13,16H,4-7,10,15H2,1H3;2*1H. The van der Waals surface area contributed by atoms with E-state index in [1.54, 1.807) is 7.11 Å². The van der Waals surface area contributed by atoms with Crippen LogP contribution in [-0.4, -0.2) is 19.2 Å². The van der Waals surface area contributed by atoms with Gasteiger partial charge in [0.15, 0.2) is 0 Å². The van der Waals surface area contributed by atoms with Crippen molar-refractivity contribution >= 4 is 24.8 Å². The third kappa shape index (κ3) is 6.00. The Balaban J connectivity index is 0.00000162. The highest BCUT2D eigenvalue weighted by molar-refractivity contribution is 5.85. The van der Waals surface area contributed by atoms with E-state index in [0.29, 0.717) is 12.1 Å². The molecule has 1 aromatic carbocycles. The van der Waals surface area contributed by atoms with Crippen molar-refractivity contribution < 1.29 is 4.74 Å². The van der Waals surface area contributed by atoms with Gasteiger partial charge >= 0.3 is 0 Å². The Bertz CT molecular complexity index is 338. The van der Waals surface area contributed by atoms with E-state index in [9.17, 15) is 0 Å². The van der Waals surface area contributed by atoms with Crippen LogP contribution in [0.4, 0.5) is 0 Å². The maximum absolute atomic E-state index is 5.89. The van der Waals surface area contributed by atoms with Gasteiger partial charge in [-0.05, 0) is 43.4 Å². The van der Waals surface area contributed by atoms with E-state index in [2.05, 4.69) is 17.4 Å². The largest absolute Gasteiger partial charge is 0.497 e. The van der Waals surface area contributed by atoms with Gasteiger partial charge in [-0.1, -0.05) is 12.1 Å². The van der Waals surface area contributed by atoms with Gasteiger partial charge in [-0.15, -0.1) is 24.8 Å². The first-order chi connectivity index (χ1) is 8.28. The van der Waals surface area contributed by atoms with Gasteiger partial charge in [0.1, 0.15) is 5.75 Å². The third-order valence-electron chi connectivity index (χ3n) is 3.53. The molecule has 0 aliphatic heterocycles. The average Bonchev–Trinajstić information content (AvgIpc) is 2.39. The van der Waals surface area contributed by atoms with E-state index >= 15 is 0 Å². The molecule has 110 valence electrons. The Morgan fingerprint density at radius 2 is 1.68 bits per heavy atom. The molecule has 0 saturated heterocycles. The number of nitrogens with one attached hydrogen (secondary N) is 1. The minimum atomic E-state index is 0. The molecule has 5 heteroatoms. The molecule has 1 aliphatic carbocycles. The molecule has 0 amide bonds. The Kier molecular flexibility index (Phi) is 9.19. The van der Waals surface area contributed by atoms with E-state index in [1.165, 1.54) is 18.4 Å². The van der Waals surface area contributed by atoms with Crippen molar-refractivity contribution in [3.8, 4) is 5.75 Å². The molecule has 1 aromatic rings. The molecule has 0 spiro atoms. The van der Waals surface area contributed by atoms with Crippen molar-refractivity contribution in [3.63, 3.8) is 0 Å². The second-order valence-electron chi connectivity index (χ2n) is 4.84. The first kappa shape index (κ1) is 18.5. The summed E-state index contributed by atoms with van der Waals surface area (Å²) in [6.07, 6.45) is 4.72. The van der Waals surface area contributed by atoms with Crippen LogP contribution in [0.15, 0.2) is 24.3 Å². The summed E-state index contributed by atoms with van der Waals surface area (Å²) in [4.78, 5) is 0. The number of ether oxygens (including phenoxy) is 1. The van der Waals surface area contributed by atoms with E-state index in [-0.39, 0.29) is 24.8 Å². The van der Waals surface area contributed by atoms with Gasteiger partial charge in [0, 0.05) is 18.6 Å². The second kappa shape index (κ2) is 9.43. The Hall–Kier alpha value is -0.480. The monoisotopic (exact) mass is 306 g/mol. The molecule has 0 radical (unpaired) electrons. The fourth-order valence-corrected chi connectivity index (χ4v) is 2.33. The average molecular weight is 307 g/mol. The summed E-state index contributed by atoms with van der Waals surface area (Å²) in [6.45, 7) is 0.934. The molecule has 1 fully saturated rings. The molecule has 0 bridgehead atoms. The first-order valence-electron chi connectivity index (χ1n) is 6.40. The second-order valence-corrected chi connectivity index (χ2v) is 4.84. The Labute approximate surface area is 128 Å². The van der Waals surface area contributed by atoms with Crippen LogP contribution >= 0.6 is 24.8 Å². The summed E-state index contributed by atoms with van der Waals surface area (Å²) in [7, 11) is 1.69. The van der Waals surface area contributed by atoms with Gasteiger partial charge in [-0.25, -0.2) is 0 Å². The summed E-state index contributed by atoms with van der Waals surface area (Å²) >= 11 is 0. The summed E-state index contributed by atoms with van der Waals surface area (Å²) in [5.41, 5.74) is 7.20. The molecule has 0 heterocycles. The smallest absolute Gasteiger partial charge is 0.118 e. The molecular formula is C14H24Cl2N2O. The Morgan fingerprint density at radius 3 is 2.21 bits per heavy atom. The number of hydrogen-bond acceptors (Lipinski definition) is 3. The van der Waals surface area contributed by atoms with Crippen LogP contribution in [0, 0.1) is 0 Å². The van der Waals surface area contributed by atoms with Gasteiger partial charge in [0.25, 0.3) is 0 Å². The molecule has 3 N–H and O–H groups in total. The minimum absolute atomic E-state index is 0. The Morgan fingerprint density at radius 1 is 1.11 bits per heavy atom. The summed E-state index contributed by atoms with van der Waals surface area (Å²) in [5.74, 6) is 0.914. The van der Waals surface area contributed by atoms with Crippen molar-refractivity contribution in [2.45, 2.75) is 44.3 Å². The van der Waals surface area contributed by atoms with Crippen LogP contribution in [0.25, 0.3) is 0 Å². The van der Waals surface area contributed by atoms with Crippen molar-refractivity contribution in [1.82, 2.24) is 5.32 Å². The SMILES string of the molecule is COc1ccc(CNC2CCC(N)CC2)cc1.Cl.Cl. The zero-order valence-corrected chi connectivity index (χ0v) is 12.9. The molecule has 1 saturated carbocycles. The highest BCUT2D eigenvalue weighted by Crippen LogP contribution is 2.18. The predicted octanol–water partition coefficient (Wildman–Crippen LogP) is 2.90. The molecule has 19 heavy (non-hydrogen) atoms. The van der Waals surface area contributed by atoms with Crippen LogP contribution in [0.3, 0.4) is 0 Å². The zero-order valence-electron chi connectivity index (χ0n) is 11.3. The molecule has 2 rings (SSSR count). The first-order valence-corrected chi connectivity index (χ1v) is 6.40. The van der Waals surface area contributed by atoms with Crippen LogP contribution in [0.1, 0.15) is 31.2 Å². The fraction of sp³-hybridized carbons (Fsp3) is 0.571. The van der Waals surface area contributed by atoms with Gasteiger partial charge in [0.05, 0.1) is 7.11 Å². The number of hydrogen-bond donors (Lipinski definition) is 2. The van der Waals surface area contributed by atoms with Gasteiger partial charge in [-0.2, -0.15) is 0 Å². The summed E-state index contributed by atoms with van der Waals surface area (Å²) in [6, 6.07) is 9.30. The van der Waals surface area contributed by atoms with Crippen LogP contribution in [0.2, 0.25) is 0 Å². The molecule has 1 aliphatic rings. The van der Waals surface area contributed by atoms with E-state index in [0.717, 1.165) is 25.1 Å².